The Hall–Kier alpha value is -2.78. The summed E-state index contributed by atoms with van der Waals surface area (Å²) in [4.78, 5) is 44.2. The molecule has 2 bridgehead atoms. The van der Waals surface area contributed by atoms with Gasteiger partial charge in [0.15, 0.2) is 0 Å². The predicted molar refractivity (Wildman–Crippen MR) is 134 cm³/mol. The van der Waals surface area contributed by atoms with Crippen molar-refractivity contribution in [2.24, 2.45) is 17.8 Å². The quantitative estimate of drug-likeness (QED) is 0.389. The molecule has 3 aliphatic heterocycles. The van der Waals surface area contributed by atoms with Gasteiger partial charge in [-0.3, -0.25) is 14.4 Å². The van der Waals surface area contributed by atoms with Crippen LogP contribution in [-0.2, 0) is 19.1 Å². The molecule has 3 fully saturated rings. The standard InChI is InChI=1S/C26H32N2O6S/c1-5-11-27(17-7-9-18(33-4)10-8-17)24(31)22-26-16(3)15-19(35-26)20(25(32)34-14-6-2)21(26)23(30)28(22)12-13-29/h5-10,16,19-22,29H,1-2,11-15H2,3-4H3/t16?,19-,20+,21+,22?,26?/m1/s1. The largest absolute Gasteiger partial charge is 0.497 e. The van der Waals surface area contributed by atoms with Crippen LogP contribution in [0.15, 0.2) is 49.6 Å². The second kappa shape index (κ2) is 10.1. The predicted octanol–water partition coefficient (Wildman–Crippen LogP) is 2.27. The van der Waals surface area contributed by atoms with Gasteiger partial charge in [-0.15, -0.1) is 18.3 Å². The number of hydrogen-bond acceptors (Lipinski definition) is 7. The molecular formula is C26H32N2O6S. The number of hydrogen-bond donors (Lipinski definition) is 1. The molecule has 9 heteroatoms. The normalized spacial score (nSPS) is 30.7. The lowest BCUT2D eigenvalue weighted by atomic mass is 9.66. The van der Waals surface area contributed by atoms with Crippen molar-refractivity contribution in [3.05, 3.63) is 49.6 Å². The van der Waals surface area contributed by atoms with Crippen molar-refractivity contribution in [3.8, 4) is 5.75 Å². The molecule has 2 amide bonds. The molecule has 1 aromatic carbocycles. The first-order valence-corrected chi connectivity index (χ1v) is 12.7. The molecule has 1 aromatic rings. The molecule has 35 heavy (non-hydrogen) atoms. The Morgan fingerprint density at radius 2 is 2.00 bits per heavy atom. The minimum Gasteiger partial charge on any atom is -0.497 e. The Kier molecular flexibility index (Phi) is 7.28. The minimum absolute atomic E-state index is 0.0183. The van der Waals surface area contributed by atoms with Gasteiger partial charge in [0.1, 0.15) is 18.4 Å². The molecule has 0 aliphatic carbocycles. The number of carbonyl (C=O) groups is 3. The molecular weight excluding hydrogens is 468 g/mol. The van der Waals surface area contributed by atoms with E-state index in [4.69, 9.17) is 9.47 Å². The van der Waals surface area contributed by atoms with Crippen LogP contribution in [0.2, 0.25) is 0 Å². The van der Waals surface area contributed by atoms with Crippen LogP contribution in [0.1, 0.15) is 13.3 Å². The maximum Gasteiger partial charge on any atom is 0.311 e. The number of esters is 1. The van der Waals surface area contributed by atoms with Gasteiger partial charge in [-0.1, -0.05) is 25.7 Å². The lowest BCUT2D eigenvalue weighted by molar-refractivity contribution is -0.153. The molecule has 3 saturated heterocycles. The zero-order valence-electron chi connectivity index (χ0n) is 20.1. The highest BCUT2D eigenvalue weighted by atomic mass is 32.2. The van der Waals surface area contributed by atoms with Crippen LogP contribution in [0.25, 0.3) is 0 Å². The molecule has 8 nitrogen and oxygen atoms in total. The van der Waals surface area contributed by atoms with E-state index in [1.54, 1.807) is 54.1 Å². The smallest absolute Gasteiger partial charge is 0.311 e. The van der Waals surface area contributed by atoms with Crippen molar-refractivity contribution in [3.63, 3.8) is 0 Å². The van der Waals surface area contributed by atoms with Crippen molar-refractivity contribution >= 4 is 35.2 Å². The summed E-state index contributed by atoms with van der Waals surface area (Å²) < 4.78 is 9.84. The third kappa shape index (κ3) is 3.94. The van der Waals surface area contributed by atoms with Crippen LogP contribution < -0.4 is 9.64 Å². The first-order valence-electron chi connectivity index (χ1n) is 11.8. The Bertz CT molecular complexity index is 1010. The Labute approximate surface area is 209 Å². The number of nitrogens with zero attached hydrogens (tertiary/aromatic N) is 2. The SMILES string of the molecule is C=CCOC(=O)[C@@H]1[C@H]2C(=O)N(CCO)C(C(=O)N(CC=C)c3ccc(OC)cc3)C23S[C@@H]1CC3C. The summed E-state index contributed by atoms with van der Waals surface area (Å²) in [5.41, 5.74) is 0.652. The number of fused-ring (bicyclic) bond motifs is 1. The average molecular weight is 501 g/mol. The molecule has 3 unspecified atom stereocenters. The number of benzene rings is 1. The maximum absolute atomic E-state index is 14.3. The van der Waals surface area contributed by atoms with Crippen molar-refractivity contribution < 1.29 is 29.0 Å². The molecule has 0 aromatic heterocycles. The van der Waals surface area contributed by atoms with E-state index in [2.05, 4.69) is 13.2 Å². The first kappa shape index (κ1) is 25.3. The first-order chi connectivity index (χ1) is 16.8. The lowest BCUT2D eigenvalue weighted by Gasteiger charge is -2.40. The van der Waals surface area contributed by atoms with E-state index in [9.17, 15) is 19.5 Å². The van der Waals surface area contributed by atoms with Gasteiger partial charge in [-0.05, 0) is 36.6 Å². The van der Waals surface area contributed by atoms with Crippen LogP contribution in [0, 0.1) is 17.8 Å². The number of ether oxygens (including phenoxy) is 2. The van der Waals surface area contributed by atoms with E-state index in [1.807, 2.05) is 6.92 Å². The monoisotopic (exact) mass is 500 g/mol. The van der Waals surface area contributed by atoms with E-state index in [1.165, 1.54) is 11.0 Å². The number of methoxy groups -OCH3 is 1. The van der Waals surface area contributed by atoms with Crippen LogP contribution >= 0.6 is 11.8 Å². The molecule has 6 atom stereocenters. The van der Waals surface area contributed by atoms with Crippen LogP contribution in [0.3, 0.4) is 0 Å². The van der Waals surface area contributed by atoms with E-state index in [-0.39, 0.29) is 49.3 Å². The number of thioether (sulfide) groups is 1. The van der Waals surface area contributed by atoms with Crippen LogP contribution in [-0.4, -0.2) is 77.2 Å². The van der Waals surface area contributed by atoms with E-state index in [0.717, 1.165) is 0 Å². The highest BCUT2D eigenvalue weighted by Crippen LogP contribution is 2.68. The fourth-order valence-corrected chi connectivity index (χ4v) is 8.42. The van der Waals surface area contributed by atoms with Gasteiger partial charge in [0, 0.05) is 24.0 Å². The van der Waals surface area contributed by atoms with Gasteiger partial charge < -0.3 is 24.4 Å². The third-order valence-electron chi connectivity index (χ3n) is 7.40. The van der Waals surface area contributed by atoms with Crippen molar-refractivity contribution in [2.75, 3.05) is 38.3 Å². The number of likely N-dealkylation sites (tertiary alicyclic amines) is 1. The van der Waals surface area contributed by atoms with Gasteiger partial charge >= 0.3 is 5.97 Å². The number of aliphatic hydroxyl groups is 1. The molecule has 0 radical (unpaired) electrons. The summed E-state index contributed by atoms with van der Waals surface area (Å²) in [6.45, 7) is 9.52. The molecule has 3 aliphatic rings. The molecule has 188 valence electrons. The fourth-order valence-electron chi connectivity index (χ4n) is 6.01. The van der Waals surface area contributed by atoms with Gasteiger partial charge in [-0.25, -0.2) is 0 Å². The molecule has 4 rings (SSSR count). The van der Waals surface area contributed by atoms with Crippen molar-refractivity contribution in [1.82, 2.24) is 4.90 Å². The highest BCUT2D eigenvalue weighted by Gasteiger charge is 2.76. The van der Waals surface area contributed by atoms with Crippen molar-refractivity contribution in [1.29, 1.82) is 0 Å². The summed E-state index contributed by atoms with van der Waals surface area (Å²) in [5.74, 6) is -1.57. The van der Waals surface area contributed by atoms with Crippen molar-refractivity contribution in [2.45, 2.75) is 29.4 Å². The zero-order chi connectivity index (χ0) is 25.3. The second-order valence-electron chi connectivity index (χ2n) is 9.16. The second-order valence-corrected chi connectivity index (χ2v) is 10.7. The van der Waals surface area contributed by atoms with E-state index in [0.29, 0.717) is 17.9 Å². The molecule has 1 N–H and O–H groups in total. The topological polar surface area (TPSA) is 96.4 Å². The summed E-state index contributed by atoms with van der Waals surface area (Å²) >= 11 is 1.57. The number of β-amino-alcohol motifs (C(OH)–C–C–N with tert-alkyl or cyclic N) is 1. The van der Waals surface area contributed by atoms with Gasteiger partial charge in [0.2, 0.25) is 5.91 Å². The Morgan fingerprint density at radius 1 is 1.29 bits per heavy atom. The summed E-state index contributed by atoms with van der Waals surface area (Å²) in [6.07, 6.45) is 3.85. The number of aliphatic hydroxyl groups excluding tert-OH is 1. The maximum atomic E-state index is 14.3. The van der Waals surface area contributed by atoms with Crippen LogP contribution in [0.5, 0.6) is 5.75 Å². The summed E-state index contributed by atoms with van der Waals surface area (Å²) in [5, 5.41) is 9.69. The Balaban J connectivity index is 1.76. The fraction of sp³-hybridized carbons (Fsp3) is 0.500. The lowest BCUT2D eigenvalue weighted by Crippen LogP contribution is -2.57. The molecule has 0 saturated carbocycles. The van der Waals surface area contributed by atoms with Crippen LogP contribution in [0.4, 0.5) is 5.69 Å². The number of carbonyl (C=O) groups excluding carboxylic acids is 3. The summed E-state index contributed by atoms with van der Waals surface area (Å²) in [6, 6.07) is 6.31. The highest BCUT2D eigenvalue weighted by molar-refractivity contribution is 8.02. The molecule has 1 spiro atoms. The molecule has 3 heterocycles. The number of anilines is 1. The number of amides is 2. The minimum atomic E-state index is -0.823. The van der Waals surface area contributed by atoms with Gasteiger partial charge in [0.25, 0.3) is 5.91 Å². The summed E-state index contributed by atoms with van der Waals surface area (Å²) in [7, 11) is 1.57. The van der Waals surface area contributed by atoms with Gasteiger partial charge in [0.05, 0.1) is 30.3 Å². The third-order valence-corrected chi connectivity index (χ3v) is 9.47. The number of rotatable bonds is 10. The Morgan fingerprint density at radius 3 is 2.60 bits per heavy atom. The van der Waals surface area contributed by atoms with Gasteiger partial charge in [-0.2, -0.15) is 0 Å². The zero-order valence-corrected chi connectivity index (χ0v) is 20.9. The van der Waals surface area contributed by atoms with E-state index < -0.39 is 28.6 Å². The average Bonchev–Trinajstić information content (AvgIpc) is 3.45. The van der Waals surface area contributed by atoms with E-state index >= 15 is 0 Å².